The van der Waals surface area contributed by atoms with Gasteiger partial charge in [0.05, 0.1) is 19.9 Å². The fourth-order valence-corrected chi connectivity index (χ4v) is 3.11. The van der Waals surface area contributed by atoms with Gasteiger partial charge in [0.25, 0.3) is 5.91 Å². The lowest BCUT2D eigenvalue weighted by molar-refractivity contribution is -0.124. The van der Waals surface area contributed by atoms with Gasteiger partial charge in [0.2, 0.25) is 5.91 Å². The van der Waals surface area contributed by atoms with Crippen molar-refractivity contribution in [1.29, 1.82) is 0 Å². The van der Waals surface area contributed by atoms with Crippen LogP contribution < -0.4 is 14.4 Å². The van der Waals surface area contributed by atoms with Crippen LogP contribution in [0.1, 0.15) is 17.3 Å². The quantitative estimate of drug-likeness (QED) is 0.828. The molecular formula is C20H21FN2O4. The van der Waals surface area contributed by atoms with Crippen LogP contribution in [-0.4, -0.2) is 50.1 Å². The monoisotopic (exact) mass is 372 g/mol. The molecule has 0 radical (unpaired) electrons. The van der Waals surface area contributed by atoms with E-state index in [2.05, 4.69) is 0 Å². The molecule has 2 aromatic rings. The van der Waals surface area contributed by atoms with Gasteiger partial charge in [-0.1, -0.05) is 0 Å². The number of amides is 2. The second-order valence-corrected chi connectivity index (χ2v) is 6.24. The Bertz CT molecular complexity index is 831. The number of piperazine rings is 1. The molecule has 2 aromatic carbocycles. The van der Waals surface area contributed by atoms with Crippen molar-refractivity contribution in [2.75, 3.05) is 32.2 Å². The molecule has 1 heterocycles. The number of halogens is 1. The van der Waals surface area contributed by atoms with Crippen LogP contribution in [0.2, 0.25) is 0 Å². The van der Waals surface area contributed by atoms with Gasteiger partial charge in [-0.25, -0.2) is 4.39 Å². The third-order valence-corrected chi connectivity index (χ3v) is 4.66. The second-order valence-electron chi connectivity index (χ2n) is 6.24. The van der Waals surface area contributed by atoms with Gasteiger partial charge in [0, 0.05) is 36.9 Å². The normalized spacial score (nSPS) is 17.0. The molecule has 7 heteroatoms. The maximum Gasteiger partial charge on any atom is 0.254 e. The van der Waals surface area contributed by atoms with E-state index in [4.69, 9.17) is 9.47 Å². The number of hydrogen-bond donors (Lipinski definition) is 0. The smallest absolute Gasteiger partial charge is 0.254 e. The number of ether oxygens (including phenoxy) is 2. The molecule has 3 rings (SSSR count). The summed E-state index contributed by atoms with van der Waals surface area (Å²) < 4.78 is 23.6. The first-order valence-corrected chi connectivity index (χ1v) is 8.55. The third-order valence-electron chi connectivity index (χ3n) is 4.66. The molecule has 0 bridgehead atoms. The lowest BCUT2D eigenvalue weighted by Gasteiger charge is -2.39. The van der Waals surface area contributed by atoms with E-state index in [1.54, 1.807) is 44.2 Å². The molecule has 1 fully saturated rings. The maximum atomic E-state index is 13.1. The molecular weight excluding hydrogens is 351 g/mol. The lowest BCUT2D eigenvalue weighted by atomic mass is 10.1. The summed E-state index contributed by atoms with van der Waals surface area (Å²) >= 11 is 0. The number of rotatable bonds is 4. The lowest BCUT2D eigenvalue weighted by Crippen LogP contribution is -2.57. The first-order chi connectivity index (χ1) is 12.9. The van der Waals surface area contributed by atoms with Gasteiger partial charge in [-0.05, 0) is 31.2 Å². The molecule has 1 saturated heterocycles. The van der Waals surface area contributed by atoms with Gasteiger partial charge in [-0.3, -0.25) is 9.59 Å². The summed E-state index contributed by atoms with van der Waals surface area (Å²) in [5.41, 5.74) is 1.00. The number of benzene rings is 2. The first kappa shape index (κ1) is 18.7. The Morgan fingerprint density at radius 1 is 1.04 bits per heavy atom. The molecule has 0 aromatic heterocycles. The molecule has 1 aliphatic heterocycles. The standard InChI is InChI=1S/C20H21FN2O4/c1-13-19(24)23(16-10-17(26-2)12-18(11-16)27-3)9-8-22(13)20(25)14-4-6-15(21)7-5-14/h4-7,10-13H,8-9H2,1-3H3. The maximum absolute atomic E-state index is 13.1. The van der Waals surface area contributed by atoms with E-state index in [1.807, 2.05) is 0 Å². The average molecular weight is 372 g/mol. The Labute approximate surface area is 157 Å². The SMILES string of the molecule is COc1cc(OC)cc(N2CCN(C(=O)c3ccc(F)cc3)C(C)C2=O)c1. The topological polar surface area (TPSA) is 59.1 Å². The molecule has 0 aliphatic carbocycles. The van der Waals surface area contributed by atoms with E-state index >= 15 is 0 Å². The van der Waals surface area contributed by atoms with E-state index in [0.717, 1.165) is 0 Å². The highest BCUT2D eigenvalue weighted by Crippen LogP contribution is 2.30. The zero-order valence-corrected chi connectivity index (χ0v) is 15.4. The van der Waals surface area contributed by atoms with Crippen LogP contribution in [0, 0.1) is 5.82 Å². The second kappa shape index (κ2) is 7.65. The Morgan fingerprint density at radius 3 is 2.19 bits per heavy atom. The molecule has 0 N–H and O–H groups in total. The Balaban J connectivity index is 1.82. The summed E-state index contributed by atoms with van der Waals surface area (Å²) in [6, 6.07) is 9.91. The summed E-state index contributed by atoms with van der Waals surface area (Å²) in [6.07, 6.45) is 0. The Morgan fingerprint density at radius 2 is 1.63 bits per heavy atom. The van der Waals surface area contributed by atoms with Crippen molar-refractivity contribution in [3.05, 3.63) is 53.8 Å². The fourth-order valence-electron chi connectivity index (χ4n) is 3.11. The van der Waals surface area contributed by atoms with E-state index in [0.29, 0.717) is 35.8 Å². The Hall–Kier alpha value is -3.09. The Kier molecular flexibility index (Phi) is 5.30. The van der Waals surface area contributed by atoms with Crippen LogP contribution >= 0.6 is 0 Å². The van der Waals surface area contributed by atoms with Crippen LogP contribution in [0.5, 0.6) is 11.5 Å². The number of nitrogens with zero attached hydrogens (tertiary/aromatic N) is 2. The van der Waals surface area contributed by atoms with Crippen LogP contribution in [-0.2, 0) is 4.79 Å². The number of hydrogen-bond acceptors (Lipinski definition) is 4. The summed E-state index contributed by atoms with van der Waals surface area (Å²) in [5, 5.41) is 0. The highest BCUT2D eigenvalue weighted by Gasteiger charge is 2.35. The number of carbonyl (C=O) groups is 2. The summed E-state index contributed by atoms with van der Waals surface area (Å²) in [7, 11) is 3.09. The van der Waals surface area contributed by atoms with Gasteiger partial charge in [-0.15, -0.1) is 0 Å². The number of anilines is 1. The van der Waals surface area contributed by atoms with Gasteiger partial charge in [0.15, 0.2) is 0 Å². The van der Waals surface area contributed by atoms with Crippen molar-refractivity contribution in [1.82, 2.24) is 4.90 Å². The molecule has 2 amide bonds. The molecule has 6 nitrogen and oxygen atoms in total. The predicted octanol–water partition coefficient (Wildman–Crippen LogP) is 2.72. The third kappa shape index (κ3) is 3.72. The number of carbonyl (C=O) groups excluding carboxylic acids is 2. The van der Waals surface area contributed by atoms with E-state index in [-0.39, 0.29) is 11.8 Å². The molecule has 1 atom stereocenters. The van der Waals surface area contributed by atoms with Crippen LogP contribution in [0.15, 0.2) is 42.5 Å². The molecule has 0 saturated carbocycles. The minimum Gasteiger partial charge on any atom is -0.497 e. The fraction of sp³-hybridized carbons (Fsp3) is 0.300. The summed E-state index contributed by atoms with van der Waals surface area (Å²) in [5.74, 6) is 0.252. The van der Waals surface area contributed by atoms with E-state index in [9.17, 15) is 14.0 Å². The van der Waals surface area contributed by atoms with Crippen molar-refractivity contribution >= 4 is 17.5 Å². The van der Waals surface area contributed by atoms with Gasteiger partial charge in [0.1, 0.15) is 23.4 Å². The van der Waals surface area contributed by atoms with Crippen molar-refractivity contribution in [2.24, 2.45) is 0 Å². The zero-order valence-electron chi connectivity index (χ0n) is 15.4. The van der Waals surface area contributed by atoms with Gasteiger partial charge < -0.3 is 19.3 Å². The van der Waals surface area contributed by atoms with Gasteiger partial charge in [-0.2, -0.15) is 0 Å². The van der Waals surface area contributed by atoms with Crippen molar-refractivity contribution in [3.63, 3.8) is 0 Å². The minimum atomic E-state index is -0.645. The first-order valence-electron chi connectivity index (χ1n) is 8.55. The van der Waals surface area contributed by atoms with Crippen LogP contribution in [0.3, 0.4) is 0 Å². The van der Waals surface area contributed by atoms with Crippen LogP contribution in [0.4, 0.5) is 10.1 Å². The molecule has 1 unspecified atom stereocenters. The molecule has 0 spiro atoms. The molecule has 142 valence electrons. The largest absolute Gasteiger partial charge is 0.497 e. The molecule has 1 aliphatic rings. The summed E-state index contributed by atoms with van der Waals surface area (Å²) in [4.78, 5) is 28.7. The van der Waals surface area contributed by atoms with Crippen molar-refractivity contribution in [3.8, 4) is 11.5 Å². The minimum absolute atomic E-state index is 0.202. The summed E-state index contributed by atoms with van der Waals surface area (Å²) in [6.45, 7) is 2.39. The van der Waals surface area contributed by atoms with Crippen LogP contribution in [0.25, 0.3) is 0 Å². The zero-order chi connectivity index (χ0) is 19.6. The highest BCUT2D eigenvalue weighted by molar-refractivity contribution is 6.03. The predicted molar refractivity (Wildman–Crippen MR) is 98.8 cm³/mol. The van der Waals surface area contributed by atoms with Crippen molar-refractivity contribution in [2.45, 2.75) is 13.0 Å². The van der Waals surface area contributed by atoms with Crippen molar-refractivity contribution < 1.29 is 23.5 Å². The highest BCUT2D eigenvalue weighted by atomic mass is 19.1. The molecule has 27 heavy (non-hydrogen) atoms. The number of methoxy groups -OCH3 is 2. The van der Waals surface area contributed by atoms with Gasteiger partial charge >= 0.3 is 0 Å². The average Bonchev–Trinajstić information content (AvgIpc) is 2.69. The van der Waals surface area contributed by atoms with E-state index in [1.165, 1.54) is 29.2 Å². The van der Waals surface area contributed by atoms with E-state index < -0.39 is 11.9 Å².